The van der Waals surface area contributed by atoms with Gasteiger partial charge in [-0.1, -0.05) is 11.6 Å². The quantitative estimate of drug-likeness (QED) is 0.772. The summed E-state index contributed by atoms with van der Waals surface area (Å²) in [6.45, 7) is 2.96. The number of piperazine rings is 1. The fourth-order valence-corrected chi connectivity index (χ4v) is 3.17. The maximum absolute atomic E-state index is 11.1. The van der Waals surface area contributed by atoms with Crippen molar-refractivity contribution in [2.24, 2.45) is 0 Å². The molecule has 2 aliphatic heterocycles. The third-order valence-electron chi connectivity index (χ3n) is 3.78. The second kappa shape index (κ2) is 5.42. The van der Waals surface area contributed by atoms with Gasteiger partial charge in [-0.25, -0.2) is 4.79 Å². The van der Waals surface area contributed by atoms with Crippen LogP contribution in [0.5, 0.6) is 5.75 Å². The summed E-state index contributed by atoms with van der Waals surface area (Å²) in [6, 6.07) is 3.88. The highest BCUT2D eigenvalue weighted by Crippen LogP contribution is 2.34. The molecule has 1 fully saturated rings. The highest BCUT2D eigenvalue weighted by Gasteiger charge is 2.32. The maximum Gasteiger partial charge on any atom is 0.407 e. The van der Waals surface area contributed by atoms with Gasteiger partial charge >= 0.3 is 6.09 Å². The lowest BCUT2D eigenvalue weighted by molar-refractivity contribution is 0.0503. The van der Waals surface area contributed by atoms with Gasteiger partial charge in [0.25, 0.3) is 0 Å². The van der Waals surface area contributed by atoms with Crippen molar-refractivity contribution in [3.63, 3.8) is 0 Å². The number of fused-ring (bicyclic) bond motifs is 2. The number of amides is 1. The van der Waals surface area contributed by atoms with E-state index in [1.54, 1.807) is 0 Å². The van der Waals surface area contributed by atoms with Crippen LogP contribution in [0.25, 0.3) is 0 Å². The fourth-order valence-electron chi connectivity index (χ4n) is 2.67. The van der Waals surface area contributed by atoms with Crippen LogP contribution in [-0.2, 0) is 6.54 Å². The Morgan fingerprint density at radius 1 is 1.45 bits per heavy atom. The van der Waals surface area contributed by atoms with E-state index in [0.29, 0.717) is 31.3 Å². The van der Waals surface area contributed by atoms with Crippen molar-refractivity contribution in [2.75, 3.05) is 26.2 Å². The highest BCUT2D eigenvalue weighted by atomic mass is 79.9. The second-order valence-electron chi connectivity index (χ2n) is 5.04. The molecule has 0 radical (unpaired) electrons. The van der Waals surface area contributed by atoms with Gasteiger partial charge in [0.15, 0.2) is 0 Å². The number of carbonyl (C=O) groups is 1. The molecule has 0 aliphatic carbocycles. The third-order valence-corrected chi connectivity index (χ3v) is 4.98. The van der Waals surface area contributed by atoms with E-state index >= 15 is 0 Å². The van der Waals surface area contributed by atoms with Crippen molar-refractivity contribution in [3.8, 4) is 5.75 Å². The Bertz CT molecular complexity index is 555. The average molecular weight is 362 g/mol. The zero-order chi connectivity index (χ0) is 14.3. The molecular formula is C13H14BrClN2O3. The van der Waals surface area contributed by atoms with E-state index in [0.717, 1.165) is 22.3 Å². The molecule has 108 valence electrons. The number of carboxylic acid groups (broad SMARTS) is 1. The lowest BCUT2D eigenvalue weighted by atomic mass is 10.1. The topological polar surface area (TPSA) is 53.0 Å². The summed E-state index contributed by atoms with van der Waals surface area (Å²) in [7, 11) is 0. The molecule has 7 heteroatoms. The summed E-state index contributed by atoms with van der Waals surface area (Å²) in [4.78, 5) is 14.8. The molecule has 1 aromatic rings. The number of hydrogen-bond acceptors (Lipinski definition) is 3. The lowest BCUT2D eigenvalue weighted by Crippen LogP contribution is -2.55. The highest BCUT2D eigenvalue weighted by molar-refractivity contribution is 9.10. The summed E-state index contributed by atoms with van der Waals surface area (Å²) in [5.41, 5.74) is 1.05. The van der Waals surface area contributed by atoms with E-state index in [4.69, 9.17) is 21.4 Å². The van der Waals surface area contributed by atoms with Gasteiger partial charge in [-0.15, -0.1) is 0 Å². The van der Waals surface area contributed by atoms with Crippen LogP contribution in [-0.4, -0.2) is 53.3 Å². The Balaban J connectivity index is 1.83. The van der Waals surface area contributed by atoms with Crippen LogP contribution >= 0.6 is 27.5 Å². The molecule has 1 atom stereocenters. The Hall–Kier alpha value is -0.980. The molecule has 1 aromatic carbocycles. The molecule has 0 spiro atoms. The summed E-state index contributed by atoms with van der Waals surface area (Å²) >= 11 is 9.53. The van der Waals surface area contributed by atoms with Gasteiger partial charge in [0, 0.05) is 36.2 Å². The van der Waals surface area contributed by atoms with Crippen LogP contribution < -0.4 is 4.74 Å². The SMILES string of the molecule is O=C(O)N1CCN2Cc3cc(Cl)c(Br)cc3OC[C@H]2C1. The third kappa shape index (κ3) is 2.60. The van der Waals surface area contributed by atoms with E-state index in [9.17, 15) is 4.79 Å². The molecular weight excluding hydrogens is 348 g/mol. The fraction of sp³-hybridized carbons (Fsp3) is 0.462. The van der Waals surface area contributed by atoms with Gasteiger partial charge in [0.1, 0.15) is 12.4 Å². The van der Waals surface area contributed by atoms with Gasteiger partial charge < -0.3 is 14.7 Å². The molecule has 1 N–H and O–H groups in total. The predicted octanol–water partition coefficient (Wildman–Crippen LogP) is 2.66. The monoisotopic (exact) mass is 360 g/mol. The summed E-state index contributed by atoms with van der Waals surface area (Å²) in [5.74, 6) is 0.817. The number of benzene rings is 1. The molecule has 2 aliphatic rings. The molecule has 1 amide bonds. The van der Waals surface area contributed by atoms with Crippen LogP contribution in [0.2, 0.25) is 5.02 Å². The first kappa shape index (κ1) is 14.0. The normalized spacial score (nSPS) is 22.5. The van der Waals surface area contributed by atoms with Crippen molar-refractivity contribution in [1.82, 2.24) is 9.80 Å². The molecule has 0 unspecified atom stereocenters. The minimum absolute atomic E-state index is 0.0878. The smallest absolute Gasteiger partial charge is 0.407 e. The van der Waals surface area contributed by atoms with E-state index < -0.39 is 6.09 Å². The summed E-state index contributed by atoms with van der Waals surface area (Å²) in [6.07, 6.45) is -0.864. The van der Waals surface area contributed by atoms with Crippen LogP contribution in [0.3, 0.4) is 0 Å². The van der Waals surface area contributed by atoms with Crippen LogP contribution in [0.4, 0.5) is 4.79 Å². The number of ether oxygens (including phenoxy) is 1. The number of rotatable bonds is 0. The minimum atomic E-state index is -0.864. The van der Waals surface area contributed by atoms with E-state index in [-0.39, 0.29) is 6.04 Å². The van der Waals surface area contributed by atoms with Crippen molar-refractivity contribution in [3.05, 3.63) is 27.2 Å². The zero-order valence-electron chi connectivity index (χ0n) is 10.7. The molecule has 2 heterocycles. The summed E-state index contributed by atoms with van der Waals surface area (Å²) < 4.78 is 6.64. The van der Waals surface area contributed by atoms with Crippen molar-refractivity contribution in [1.29, 1.82) is 0 Å². The zero-order valence-corrected chi connectivity index (χ0v) is 13.0. The largest absolute Gasteiger partial charge is 0.492 e. The van der Waals surface area contributed by atoms with Gasteiger partial charge in [-0.3, -0.25) is 4.90 Å². The first-order valence-electron chi connectivity index (χ1n) is 6.37. The minimum Gasteiger partial charge on any atom is -0.492 e. The number of hydrogen-bond donors (Lipinski definition) is 1. The second-order valence-corrected chi connectivity index (χ2v) is 6.30. The van der Waals surface area contributed by atoms with E-state index in [1.807, 2.05) is 12.1 Å². The molecule has 1 saturated heterocycles. The van der Waals surface area contributed by atoms with Crippen LogP contribution in [0, 0.1) is 0 Å². The number of nitrogens with zero attached hydrogens (tertiary/aromatic N) is 2. The van der Waals surface area contributed by atoms with Crippen molar-refractivity contribution < 1.29 is 14.6 Å². The average Bonchev–Trinajstić information content (AvgIpc) is 2.58. The standard InChI is InChI=1S/C13H14BrClN2O3/c14-10-4-12-8(3-11(10)15)5-16-1-2-17(13(18)19)6-9(16)7-20-12/h3-4,9H,1-2,5-7H2,(H,18,19)/t9-/m1/s1. The maximum atomic E-state index is 11.1. The Morgan fingerprint density at radius 2 is 2.25 bits per heavy atom. The van der Waals surface area contributed by atoms with Gasteiger partial charge in [-0.2, -0.15) is 0 Å². The Labute approximate surface area is 130 Å². The van der Waals surface area contributed by atoms with Gasteiger partial charge in [-0.05, 0) is 28.1 Å². The summed E-state index contributed by atoms with van der Waals surface area (Å²) in [5, 5.41) is 9.75. The van der Waals surface area contributed by atoms with Crippen LogP contribution in [0.1, 0.15) is 5.56 Å². The number of halogens is 2. The van der Waals surface area contributed by atoms with E-state index in [1.165, 1.54) is 4.90 Å². The molecule has 5 nitrogen and oxygen atoms in total. The molecule has 0 saturated carbocycles. The first-order valence-corrected chi connectivity index (χ1v) is 7.54. The van der Waals surface area contributed by atoms with E-state index in [2.05, 4.69) is 20.8 Å². The van der Waals surface area contributed by atoms with Gasteiger partial charge in [0.05, 0.1) is 11.1 Å². The van der Waals surface area contributed by atoms with Gasteiger partial charge in [0.2, 0.25) is 0 Å². The van der Waals surface area contributed by atoms with Crippen molar-refractivity contribution in [2.45, 2.75) is 12.6 Å². The Morgan fingerprint density at radius 3 is 3.00 bits per heavy atom. The molecule has 0 aromatic heterocycles. The van der Waals surface area contributed by atoms with Crippen LogP contribution in [0.15, 0.2) is 16.6 Å². The lowest BCUT2D eigenvalue weighted by Gasteiger charge is -2.38. The predicted molar refractivity (Wildman–Crippen MR) is 78.4 cm³/mol. The molecule has 20 heavy (non-hydrogen) atoms. The molecule has 3 rings (SSSR count). The first-order chi connectivity index (χ1) is 9.54. The molecule has 0 bridgehead atoms. The van der Waals surface area contributed by atoms with Crippen molar-refractivity contribution >= 4 is 33.6 Å². The Kier molecular flexibility index (Phi) is 3.79.